The number of carbonyl (C=O) groups excluding carboxylic acids is 4. The number of carbonyl (C=O) groups is 4. The van der Waals surface area contributed by atoms with Crippen LogP contribution in [0.25, 0.3) is 111 Å². The minimum Gasteiger partial charge on any atom is -0.462 e. The lowest BCUT2D eigenvalue weighted by Crippen LogP contribution is -2.27. The van der Waals surface area contributed by atoms with E-state index in [1.165, 1.54) is 47.8 Å². The van der Waals surface area contributed by atoms with Crippen molar-refractivity contribution in [1.29, 1.82) is 0 Å². The first-order chi connectivity index (χ1) is 57.8. The summed E-state index contributed by atoms with van der Waals surface area (Å²) >= 11 is 2.76. The van der Waals surface area contributed by atoms with Gasteiger partial charge in [-0.2, -0.15) is 0 Å². The minimum absolute atomic E-state index is 0.0906. The molecule has 20 nitrogen and oxygen atoms in total. The Balaban J connectivity index is 0.000000139. The molecule has 6 heterocycles. The molecule has 6 aromatic heterocycles. The van der Waals surface area contributed by atoms with Crippen molar-refractivity contribution in [3.05, 3.63) is 216 Å². The molecule has 0 spiro atoms. The number of fused-ring (bicyclic) bond motifs is 6. The van der Waals surface area contributed by atoms with Crippen LogP contribution in [-0.2, 0) is 9.47 Å². The number of ether oxygens (including phenoxy) is 2. The van der Waals surface area contributed by atoms with Crippen LogP contribution in [0, 0.1) is 23.5 Å². The molecule has 0 aliphatic heterocycles. The number of benzene rings is 8. The molecule has 620 valence electrons. The van der Waals surface area contributed by atoms with Gasteiger partial charge in [0.1, 0.15) is 45.6 Å². The lowest BCUT2D eigenvalue weighted by Gasteiger charge is -2.25. The first kappa shape index (κ1) is 86.1. The summed E-state index contributed by atoms with van der Waals surface area (Å²) in [6.07, 6.45) is 8.54. The summed E-state index contributed by atoms with van der Waals surface area (Å²) in [6.45, 7) is 21.4. The minimum atomic E-state index is -0.372. The van der Waals surface area contributed by atoms with Crippen LogP contribution in [-0.4, -0.2) is 139 Å². The topological polar surface area (TPSA) is 229 Å². The predicted molar refractivity (Wildman–Crippen MR) is 483 cm³/mol. The lowest BCUT2D eigenvalue weighted by molar-refractivity contribution is 0.0457. The molecular weight excluding hydrogens is 1550 g/mol. The van der Waals surface area contributed by atoms with Gasteiger partial charge in [-0.15, -0.1) is 0 Å². The highest BCUT2D eigenvalue weighted by molar-refractivity contribution is 8.14. The molecule has 0 N–H and O–H groups in total. The fraction of sp³-hybridized carbons (Fsp3) is 0.333. The highest BCUT2D eigenvalue weighted by atomic mass is 32.2. The zero-order valence-electron chi connectivity index (χ0n) is 70.5. The Labute approximate surface area is 707 Å². The van der Waals surface area contributed by atoms with Crippen LogP contribution in [0.15, 0.2) is 191 Å². The normalized spacial score (nSPS) is 12.6. The fourth-order valence-corrected chi connectivity index (χ4v) is 15.0. The van der Waals surface area contributed by atoms with Crippen LogP contribution in [0.3, 0.4) is 0 Å². The van der Waals surface area contributed by atoms with E-state index in [0.29, 0.717) is 110 Å². The number of para-hydroxylation sites is 2. The number of unbranched alkanes of at least 4 members (excludes halogenated alkanes) is 1. The second-order valence-corrected chi connectivity index (χ2v) is 33.9. The van der Waals surface area contributed by atoms with Gasteiger partial charge in [-0.3, -0.25) is 9.59 Å². The van der Waals surface area contributed by atoms with Gasteiger partial charge < -0.3 is 37.9 Å². The van der Waals surface area contributed by atoms with E-state index in [9.17, 15) is 28.0 Å². The van der Waals surface area contributed by atoms with Crippen molar-refractivity contribution in [3.8, 4) is 45.4 Å². The molecule has 120 heavy (non-hydrogen) atoms. The first-order valence-electron chi connectivity index (χ1n) is 41.2. The van der Waals surface area contributed by atoms with Crippen LogP contribution in [0.4, 0.5) is 32.1 Å². The van der Waals surface area contributed by atoms with Gasteiger partial charge in [-0.1, -0.05) is 108 Å². The summed E-state index contributed by atoms with van der Waals surface area (Å²) in [7, 11) is 8.01. The Hall–Kier alpha value is -11.8. The van der Waals surface area contributed by atoms with Gasteiger partial charge >= 0.3 is 11.9 Å². The third-order valence-corrected chi connectivity index (χ3v) is 22.7. The molecule has 2 fully saturated rings. The molecule has 8 aromatic carbocycles. The van der Waals surface area contributed by atoms with E-state index in [1.54, 1.807) is 60.7 Å². The number of anilines is 4. The van der Waals surface area contributed by atoms with Gasteiger partial charge in [0.05, 0.1) is 68.5 Å². The summed E-state index contributed by atoms with van der Waals surface area (Å²) < 4.78 is 49.5. The molecule has 0 atom stereocenters. The van der Waals surface area contributed by atoms with Crippen molar-refractivity contribution in [2.24, 2.45) is 11.8 Å². The van der Waals surface area contributed by atoms with E-state index >= 15 is 0 Å². The molecular formula is C96H102F2N12O8S2. The molecule has 2 saturated carbocycles. The van der Waals surface area contributed by atoms with Crippen LogP contribution < -0.4 is 19.6 Å². The maximum atomic E-state index is 13.4. The monoisotopic (exact) mass is 1650 g/mol. The number of thioether (sulfide) groups is 2. The first-order valence-corrected chi connectivity index (χ1v) is 43.1. The molecule has 2 aliphatic rings. The summed E-state index contributed by atoms with van der Waals surface area (Å²) in [6, 6.07) is 55.3. The van der Waals surface area contributed by atoms with Crippen LogP contribution in [0.2, 0.25) is 0 Å². The number of hydrogen-bond acceptors (Lipinski definition) is 22. The zero-order chi connectivity index (χ0) is 85.0. The van der Waals surface area contributed by atoms with Crippen molar-refractivity contribution in [3.63, 3.8) is 0 Å². The number of furan rings is 2. The van der Waals surface area contributed by atoms with E-state index in [0.717, 1.165) is 141 Å². The number of nitrogens with zero attached hydrogens (tertiary/aromatic N) is 12. The van der Waals surface area contributed by atoms with Gasteiger partial charge in [0.25, 0.3) is 0 Å². The number of rotatable bonds is 26. The Bertz CT molecular complexity index is 5950. The quantitative estimate of drug-likeness (QED) is 0.0362. The number of esters is 2. The number of halogens is 2. The Morgan fingerprint density at radius 3 is 1.17 bits per heavy atom. The van der Waals surface area contributed by atoms with Gasteiger partial charge in [0, 0.05) is 96.9 Å². The highest BCUT2D eigenvalue weighted by Gasteiger charge is 2.33. The summed E-state index contributed by atoms with van der Waals surface area (Å²) in [5, 5.41) is 2.27. The molecule has 0 radical (unpaired) electrons. The largest absolute Gasteiger partial charge is 0.462 e. The van der Waals surface area contributed by atoms with E-state index in [1.807, 2.05) is 142 Å². The molecule has 0 unspecified atom stereocenters. The van der Waals surface area contributed by atoms with Crippen molar-refractivity contribution < 1.29 is 46.3 Å². The van der Waals surface area contributed by atoms with E-state index in [-0.39, 0.29) is 51.8 Å². The third-order valence-electron chi connectivity index (χ3n) is 20.8. The summed E-state index contributed by atoms with van der Waals surface area (Å²) in [4.78, 5) is 97.1. The van der Waals surface area contributed by atoms with Gasteiger partial charge in [0.2, 0.25) is 10.2 Å². The average Bonchev–Trinajstić information content (AvgIpc) is 1.54. The number of aromatic nitrogens is 8. The molecule has 0 bridgehead atoms. The Morgan fingerprint density at radius 1 is 0.417 bits per heavy atom. The van der Waals surface area contributed by atoms with Crippen molar-refractivity contribution in [2.45, 2.75) is 145 Å². The predicted octanol–water partition coefficient (Wildman–Crippen LogP) is 22.8. The van der Waals surface area contributed by atoms with E-state index < -0.39 is 0 Å². The molecule has 14 aromatic rings. The smallest absolute Gasteiger partial charge is 0.338 e. The third kappa shape index (κ3) is 21.1. The van der Waals surface area contributed by atoms with E-state index in [4.69, 9.17) is 58.2 Å². The maximum Gasteiger partial charge on any atom is 0.338 e. The maximum absolute atomic E-state index is 13.4. The summed E-state index contributed by atoms with van der Waals surface area (Å²) in [5.41, 5.74) is 13.9. The van der Waals surface area contributed by atoms with Crippen LogP contribution in [0.1, 0.15) is 162 Å². The molecule has 16 rings (SSSR count). The standard InChI is InChI=1S/C26H27N3O2S.C25H25N3O2S.C23H26FN3O2.C22H24FN3O2/c1-16(2)12-13-32-26(30)18-8-11-20-21(14-18)28-25(29(3)19-9-10-19)24(27-20)23-15-17-6-4-5-7-22(17)31-23;1-3-4-13-31-25(29)17-9-12-19-20(14-17)27-24(28(2)18-10-11-18)23(26-19)22-15-16-7-5-6-8-21(16)30-22;1-14(2)13-29-23(28)17-8-11-19-20(12-17)26-22(27(5)15(3)4)21(25-19)16-6-9-18(24)10-7-16;1-5-12-28-22(27)16-8-11-18-19(13-16)25-21(26(4)14(2)3)20(24-18)15-6-9-17(23)10-7-15/h4-8,11,14-16,19H,9-10,12-13H2,1-3H3;5-9,12,14-15,18H,3-4,10-11,13H2,1-2H3;6-12,14-15H,13H2,1-5H3;6-11,13-14H,5,12H2,1-4H3. The SMILES string of the molecule is CC(C)CCSC(=O)c1ccc2nc(-c3cc4ccccc4o3)c(N(C)C3CC3)nc2c1.CC(C)COC(=O)c1ccc2nc(-c3ccc(F)cc3)c(N(C)C(C)C)nc2c1.CCCCSC(=O)c1ccc2nc(-c3cc4ccccc4o3)c(N(C)C3CC3)nc2c1.CCCOC(=O)c1ccc2nc(-c3ccc(F)cc3)c(N(C)C(C)C)nc2c1. The van der Waals surface area contributed by atoms with Crippen molar-refractivity contribution in [2.75, 3.05) is 72.5 Å². The van der Waals surface area contributed by atoms with E-state index in [2.05, 4.69) is 72.4 Å². The van der Waals surface area contributed by atoms with Crippen molar-refractivity contribution >= 4 is 135 Å². The van der Waals surface area contributed by atoms with Crippen molar-refractivity contribution in [1.82, 2.24) is 39.9 Å². The second kappa shape index (κ2) is 39.0. The molecule has 24 heteroatoms. The van der Waals surface area contributed by atoms with Crippen LogP contribution in [0.5, 0.6) is 0 Å². The lowest BCUT2D eigenvalue weighted by atomic mass is 10.1. The van der Waals surface area contributed by atoms with Gasteiger partial charge in [-0.25, -0.2) is 58.2 Å². The second-order valence-electron chi connectivity index (χ2n) is 31.7. The zero-order valence-corrected chi connectivity index (χ0v) is 72.1. The molecule has 0 amide bonds. The Morgan fingerprint density at radius 2 is 0.792 bits per heavy atom. The number of hydrogen-bond donors (Lipinski definition) is 0. The summed E-state index contributed by atoms with van der Waals surface area (Å²) in [5.74, 6) is 5.58. The fourth-order valence-electron chi connectivity index (χ4n) is 13.0. The molecule has 0 saturated heterocycles. The van der Waals surface area contributed by atoms with Gasteiger partial charge in [-0.05, 0) is 230 Å². The van der Waals surface area contributed by atoms with Crippen LogP contribution >= 0.6 is 23.5 Å². The average molecular weight is 1650 g/mol. The van der Waals surface area contributed by atoms with Gasteiger partial charge in [0.15, 0.2) is 34.8 Å². The Kier molecular flexibility index (Phi) is 28.0. The molecule has 2 aliphatic carbocycles. The highest BCUT2D eigenvalue weighted by Crippen LogP contribution is 2.41.